The summed E-state index contributed by atoms with van der Waals surface area (Å²) in [6.07, 6.45) is 3.43. The van der Waals surface area contributed by atoms with E-state index in [1.165, 1.54) is 11.8 Å². The number of hydrogen-bond donors (Lipinski definition) is 1. The quantitative estimate of drug-likeness (QED) is 0.187. The van der Waals surface area contributed by atoms with E-state index in [0.717, 1.165) is 74.1 Å². The molecule has 0 unspecified atom stereocenters. The maximum Gasteiger partial charge on any atom is 0.232 e. The number of thioether (sulfide) groups is 1. The van der Waals surface area contributed by atoms with Crippen LogP contribution >= 0.6 is 34.4 Å². The number of fused-ring (bicyclic) bond motifs is 1. The van der Waals surface area contributed by atoms with E-state index in [-0.39, 0.29) is 16.7 Å². The molecule has 0 radical (unpaired) electrons. The van der Waals surface area contributed by atoms with Crippen LogP contribution in [-0.4, -0.2) is 49.7 Å². The lowest BCUT2D eigenvalue weighted by Crippen LogP contribution is -2.38. The molecule has 5 rings (SSSR count). The maximum atomic E-state index is 13.0. The second-order valence-electron chi connectivity index (χ2n) is 12.7. The molecule has 0 spiro atoms. The van der Waals surface area contributed by atoms with E-state index in [1.807, 2.05) is 4.90 Å². The molecule has 1 aliphatic rings. The van der Waals surface area contributed by atoms with Gasteiger partial charge in [0.15, 0.2) is 0 Å². The van der Waals surface area contributed by atoms with Gasteiger partial charge in [-0.1, -0.05) is 53.3 Å². The number of aromatic hydroxyl groups is 1. The summed E-state index contributed by atoms with van der Waals surface area (Å²) in [6.45, 7) is 16.4. The van der Waals surface area contributed by atoms with Crippen molar-refractivity contribution in [2.75, 3.05) is 18.8 Å². The molecule has 4 heterocycles. The number of thiazole rings is 1. The number of aryl methyl sites for hydroxylation is 1. The lowest BCUT2D eigenvalue weighted by molar-refractivity contribution is -0.129. The molecule has 3 aromatic heterocycles. The van der Waals surface area contributed by atoms with Crippen molar-refractivity contribution in [2.45, 2.75) is 83.1 Å². The Kier molecular flexibility index (Phi) is 8.03. The second kappa shape index (κ2) is 11.1. The molecule has 1 fully saturated rings. The summed E-state index contributed by atoms with van der Waals surface area (Å²) in [6, 6.07) is 4.20. The number of amides is 1. The number of rotatable bonds is 5. The van der Waals surface area contributed by atoms with E-state index in [2.05, 4.69) is 81.3 Å². The molecule has 0 aliphatic carbocycles. The average Bonchev–Trinajstić information content (AvgIpc) is 3.54. The number of piperidine rings is 1. The van der Waals surface area contributed by atoms with Crippen LogP contribution in [0.2, 0.25) is 0 Å². The second-order valence-corrected chi connectivity index (χ2v) is 15.4. The number of carbonyl (C=O) groups excluding carboxylic acids is 1. The Morgan fingerprint density at radius 2 is 1.68 bits per heavy atom. The van der Waals surface area contributed by atoms with E-state index >= 15 is 0 Å². The van der Waals surface area contributed by atoms with Crippen LogP contribution in [0, 0.1) is 6.92 Å². The first-order chi connectivity index (χ1) is 18.8. The summed E-state index contributed by atoms with van der Waals surface area (Å²) in [5.74, 6) is 1.30. The predicted molar refractivity (Wildman–Crippen MR) is 168 cm³/mol. The normalized spacial score (nSPS) is 15.2. The SMILES string of the molecule is Cc1csc2c(SCC(=O)N3CCC(c4nc(-c5cc(C(C)(C)C)c(O)c(C(C)(C)C)c5)cs4)CC3)ncnc12. The van der Waals surface area contributed by atoms with Gasteiger partial charge in [-0.3, -0.25) is 4.79 Å². The Hall–Kier alpha value is -2.49. The number of likely N-dealkylation sites (tertiary alicyclic amines) is 1. The first-order valence-corrected chi connectivity index (χ1v) is 16.5. The van der Waals surface area contributed by atoms with E-state index < -0.39 is 0 Å². The summed E-state index contributed by atoms with van der Waals surface area (Å²) in [7, 11) is 0. The fourth-order valence-corrected chi connectivity index (χ4v) is 8.18. The minimum absolute atomic E-state index is 0.164. The highest BCUT2D eigenvalue weighted by Gasteiger charge is 2.29. The summed E-state index contributed by atoms with van der Waals surface area (Å²) < 4.78 is 1.06. The van der Waals surface area contributed by atoms with Crippen molar-refractivity contribution in [3.05, 3.63) is 50.9 Å². The molecular weight excluding hydrogens is 557 g/mol. The predicted octanol–water partition coefficient (Wildman–Crippen LogP) is 7.92. The molecule has 0 atom stereocenters. The van der Waals surface area contributed by atoms with Crippen molar-refractivity contribution in [3.8, 4) is 17.0 Å². The van der Waals surface area contributed by atoms with Gasteiger partial charge in [0.1, 0.15) is 17.1 Å². The fourth-order valence-electron chi connectivity index (χ4n) is 5.18. The van der Waals surface area contributed by atoms with E-state index in [4.69, 9.17) is 4.98 Å². The van der Waals surface area contributed by atoms with Crippen LogP contribution in [0.4, 0.5) is 0 Å². The van der Waals surface area contributed by atoms with Crippen LogP contribution in [0.1, 0.15) is 82.0 Å². The first kappa shape index (κ1) is 29.0. The van der Waals surface area contributed by atoms with Gasteiger partial charge in [0, 0.05) is 41.1 Å². The van der Waals surface area contributed by atoms with Crippen LogP contribution in [0.3, 0.4) is 0 Å². The van der Waals surface area contributed by atoms with Crippen LogP contribution in [0.25, 0.3) is 21.5 Å². The smallest absolute Gasteiger partial charge is 0.232 e. The third-order valence-electron chi connectivity index (χ3n) is 7.57. The van der Waals surface area contributed by atoms with Gasteiger partial charge in [0.25, 0.3) is 0 Å². The van der Waals surface area contributed by atoms with Crippen molar-refractivity contribution >= 4 is 50.6 Å². The Morgan fingerprint density at radius 3 is 2.30 bits per heavy atom. The molecular formula is C31H38N4O2S3. The van der Waals surface area contributed by atoms with Gasteiger partial charge in [-0.2, -0.15) is 0 Å². The molecule has 40 heavy (non-hydrogen) atoms. The fraction of sp³-hybridized carbons (Fsp3) is 0.484. The third kappa shape index (κ3) is 5.92. The zero-order valence-electron chi connectivity index (χ0n) is 24.4. The van der Waals surface area contributed by atoms with Crippen LogP contribution < -0.4 is 0 Å². The van der Waals surface area contributed by atoms with E-state index in [9.17, 15) is 9.90 Å². The molecule has 1 amide bonds. The van der Waals surface area contributed by atoms with Crippen molar-refractivity contribution in [3.63, 3.8) is 0 Å². The minimum atomic E-state index is -0.182. The molecule has 4 aromatic rings. The van der Waals surface area contributed by atoms with Crippen LogP contribution in [0.15, 0.2) is 34.2 Å². The van der Waals surface area contributed by atoms with Gasteiger partial charge in [-0.05, 0) is 53.7 Å². The number of aromatic nitrogens is 3. The van der Waals surface area contributed by atoms with Gasteiger partial charge < -0.3 is 10.0 Å². The maximum absolute atomic E-state index is 13.0. The minimum Gasteiger partial charge on any atom is -0.507 e. The van der Waals surface area contributed by atoms with Crippen molar-refractivity contribution in [1.29, 1.82) is 0 Å². The third-order valence-corrected chi connectivity index (χ3v) is 10.8. The number of phenolic OH excluding ortho intramolecular Hbond substituents is 1. The van der Waals surface area contributed by atoms with Gasteiger partial charge in [-0.15, -0.1) is 22.7 Å². The standard InChI is InChI=1S/C31H38N4O2S3/c1-18-14-38-27-25(18)32-17-33-29(27)40-16-24(36)35-10-8-19(9-11-35)28-34-23(15-39-28)20-12-21(30(2,3)4)26(37)22(13-20)31(5,6)7/h12-15,17,19,37H,8-11,16H2,1-7H3. The Morgan fingerprint density at radius 1 is 1.02 bits per heavy atom. The topological polar surface area (TPSA) is 79.2 Å². The monoisotopic (exact) mass is 594 g/mol. The molecule has 1 aliphatic heterocycles. The van der Waals surface area contributed by atoms with Crippen molar-refractivity contribution < 1.29 is 9.90 Å². The molecule has 0 saturated carbocycles. The zero-order valence-corrected chi connectivity index (χ0v) is 26.8. The van der Waals surface area contributed by atoms with E-state index in [1.54, 1.807) is 29.0 Å². The summed E-state index contributed by atoms with van der Waals surface area (Å²) >= 11 is 4.86. The highest BCUT2D eigenvalue weighted by molar-refractivity contribution is 8.00. The van der Waals surface area contributed by atoms with Gasteiger partial charge in [0.05, 0.1) is 26.7 Å². The molecule has 212 valence electrons. The summed E-state index contributed by atoms with van der Waals surface area (Å²) in [5, 5.41) is 17.4. The molecule has 0 bridgehead atoms. The lowest BCUT2D eigenvalue weighted by atomic mass is 9.78. The molecule has 1 N–H and O–H groups in total. The number of benzene rings is 1. The van der Waals surface area contributed by atoms with Crippen LogP contribution in [0.5, 0.6) is 5.75 Å². The van der Waals surface area contributed by atoms with Crippen LogP contribution in [-0.2, 0) is 15.6 Å². The number of hydrogen-bond acceptors (Lipinski definition) is 8. The highest BCUT2D eigenvalue weighted by atomic mass is 32.2. The number of thiophene rings is 1. The van der Waals surface area contributed by atoms with Gasteiger partial charge in [0.2, 0.25) is 5.91 Å². The largest absolute Gasteiger partial charge is 0.507 e. The van der Waals surface area contributed by atoms with Gasteiger partial charge in [-0.25, -0.2) is 15.0 Å². The average molecular weight is 595 g/mol. The molecule has 1 aromatic carbocycles. The Bertz CT molecular complexity index is 1500. The molecule has 6 nitrogen and oxygen atoms in total. The molecule has 1 saturated heterocycles. The number of phenols is 1. The summed E-state index contributed by atoms with van der Waals surface area (Å²) in [4.78, 5) is 28.9. The lowest BCUT2D eigenvalue weighted by Gasteiger charge is -2.31. The first-order valence-electron chi connectivity index (χ1n) is 13.8. The Balaban J connectivity index is 1.25. The molecule has 9 heteroatoms. The highest BCUT2D eigenvalue weighted by Crippen LogP contribution is 2.43. The zero-order chi connectivity index (χ0) is 28.8. The van der Waals surface area contributed by atoms with Gasteiger partial charge >= 0.3 is 0 Å². The number of nitrogens with zero attached hydrogens (tertiary/aromatic N) is 4. The van der Waals surface area contributed by atoms with E-state index in [0.29, 0.717) is 17.4 Å². The number of carbonyl (C=O) groups is 1. The van der Waals surface area contributed by atoms with Crippen molar-refractivity contribution in [2.24, 2.45) is 0 Å². The van der Waals surface area contributed by atoms with Crippen molar-refractivity contribution in [1.82, 2.24) is 19.9 Å². The summed E-state index contributed by atoms with van der Waals surface area (Å²) in [5.41, 5.74) is 5.69. The Labute approximate surface area is 249 Å².